The number of hydrogen-bond acceptors (Lipinski definition) is 1. The minimum absolute atomic E-state index is 0. The maximum absolute atomic E-state index is 5.89. The summed E-state index contributed by atoms with van der Waals surface area (Å²) >= 11 is 0. The van der Waals surface area contributed by atoms with Crippen LogP contribution >= 0.6 is 0 Å². The SMILES string of the molecule is C=CCOc1c(CC)cc(C[NH+](CC)CC)cc1CC.[Cl-]. The fraction of sp³-hybridized carbons (Fsp3) is 0.556. The Labute approximate surface area is 136 Å². The predicted octanol–water partition coefficient (Wildman–Crippen LogP) is -0.195. The summed E-state index contributed by atoms with van der Waals surface area (Å²) in [6.45, 7) is 16.7. The van der Waals surface area contributed by atoms with Gasteiger partial charge in [0.2, 0.25) is 0 Å². The lowest BCUT2D eigenvalue weighted by molar-refractivity contribution is -0.910. The van der Waals surface area contributed by atoms with Gasteiger partial charge in [-0.2, -0.15) is 0 Å². The van der Waals surface area contributed by atoms with Crippen LogP contribution in [0.25, 0.3) is 0 Å². The summed E-state index contributed by atoms with van der Waals surface area (Å²) in [6.07, 6.45) is 3.84. The van der Waals surface area contributed by atoms with Crippen molar-refractivity contribution >= 4 is 0 Å². The standard InChI is InChI=1S/C18H29NO.ClH/c1-6-11-20-18-16(7-2)12-15(13-17(18)8-3)14-19(9-4)10-5;/h6,12-13H,1,7-11,14H2,2-5H3;1H. The Balaban J connectivity index is 0.00000400. The number of halogens is 1. The summed E-state index contributed by atoms with van der Waals surface area (Å²) in [5, 5.41) is 0. The van der Waals surface area contributed by atoms with Crippen molar-refractivity contribution in [1.82, 2.24) is 0 Å². The molecule has 0 aliphatic heterocycles. The summed E-state index contributed by atoms with van der Waals surface area (Å²) in [4.78, 5) is 1.62. The van der Waals surface area contributed by atoms with Gasteiger partial charge in [0.1, 0.15) is 18.9 Å². The van der Waals surface area contributed by atoms with Crippen LogP contribution in [0.2, 0.25) is 0 Å². The van der Waals surface area contributed by atoms with Crippen molar-refractivity contribution in [3.63, 3.8) is 0 Å². The van der Waals surface area contributed by atoms with E-state index in [4.69, 9.17) is 4.74 Å². The molecule has 0 fully saturated rings. The zero-order valence-corrected chi connectivity index (χ0v) is 14.7. The Kier molecular flexibility index (Phi) is 10.2. The summed E-state index contributed by atoms with van der Waals surface area (Å²) in [5.74, 6) is 1.08. The van der Waals surface area contributed by atoms with Crippen LogP contribution in [-0.2, 0) is 19.4 Å². The second kappa shape index (κ2) is 10.7. The molecule has 1 rings (SSSR count). The number of ether oxygens (including phenoxy) is 1. The van der Waals surface area contributed by atoms with Gasteiger partial charge in [-0.15, -0.1) is 0 Å². The Morgan fingerprint density at radius 3 is 1.95 bits per heavy atom. The Bertz CT molecular complexity index is 402. The molecule has 0 bridgehead atoms. The first-order valence-corrected chi connectivity index (χ1v) is 7.91. The number of benzene rings is 1. The van der Waals surface area contributed by atoms with Crippen LogP contribution < -0.4 is 22.0 Å². The fourth-order valence-corrected chi connectivity index (χ4v) is 2.57. The minimum Gasteiger partial charge on any atom is -1.00 e. The van der Waals surface area contributed by atoms with Gasteiger partial charge >= 0.3 is 0 Å². The molecule has 0 unspecified atom stereocenters. The van der Waals surface area contributed by atoms with E-state index >= 15 is 0 Å². The van der Waals surface area contributed by atoms with E-state index in [1.54, 1.807) is 4.90 Å². The molecule has 21 heavy (non-hydrogen) atoms. The first-order chi connectivity index (χ1) is 9.69. The Morgan fingerprint density at radius 1 is 1.05 bits per heavy atom. The molecule has 1 aromatic carbocycles. The summed E-state index contributed by atoms with van der Waals surface area (Å²) in [7, 11) is 0. The van der Waals surface area contributed by atoms with Gasteiger partial charge in [0.15, 0.2) is 0 Å². The first kappa shape index (κ1) is 20.0. The largest absolute Gasteiger partial charge is 1.00 e. The van der Waals surface area contributed by atoms with Gasteiger partial charge in [-0.3, -0.25) is 0 Å². The van der Waals surface area contributed by atoms with E-state index < -0.39 is 0 Å². The van der Waals surface area contributed by atoms with Crippen LogP contribution in [0.15, 0.2) is 24.8 Å². The number of rotatable bonds is 9. The molecule has 0 atom stereocenters. The molecule has 0 aliphatic rings. The second-order valence-electron chi connectivity index (χ2n) is 5.18. The fourth-order valence-electron chi connectivity index (χ4n) is 2.57. The van der Waals surface area contributed by atoms with E-state index in [1.807, 2.05) is 6.08 Å². The number of quaternary nitrogens is 1. The van der Waals surface area contributed by atoms with E-state index in [0.717, 1.165) is 25.1 Å². The predicted molar refractivity (Wildman–Crippen MR) is 86.6 cm³/mol. The number of nitrogens with one attached hydrogen (secondary N) is 1. The highest BCUT2D eigenvalue weighted by atomic mass is 35.5. The number of hydrogen-bond donors (Lipinski definition) is 1. The van der Waals surface area contributed by atoms with E-state index in [-0.39, 0.29) is 12.4 Å². The summed E-state index contributed by atoms with van der Waals surface area (Å²) < 4.78 is 5.89. The zero-order chi connectivity index (χ0) is 15.0. The molecule has 0 amide bonds. The molecule has 0 aliphatic carbocycles. The molecule has 1 N–H and O–H groups in total. The molecular weight excluding hydrogens is 282 g/mol. The molecular formula is C18H30ClNO. The van der Waals surface area contributed by atoms with Gasteiger partial charge in [-0.25, -0.2) is 0 Å². The van der Waals surface area contributed by atoms with Crippen LogP contribution in [0.5, 0.6) is 5.75 Å². The molecule has 1 aromatic rings. The normalized spacial score (nSPS) is 10.3. The summed E-state index contributed by atoms with van der Waals surface area (Å²) in [5.41, 5.74) is 4.09. The summed E-state index contributed by atoms with van der Waals surface area (Å²) in [6, 6.07) is 4.64. The van der Waals surface area contributed by atoms with Crippen LogP contribution in [-0.4, -0.2) is 19.7 Å². The van der Waals surface area contributed by atoms with Crippen LogP contribution in [0.4, 0.5) is 0 Å². The van der Waals surface area contributed by atoms with Gasteiger partial charge in [0, 0.05) is 5.56 Å². The van der Waals surface area contributed by atoms with E-state index in [9.17, 15) is 0 Å². The quantitative estimate of drug-likeness (QED) is 0.624. The maximum atomic E-state index is 5.89. The monoisotopic (exact) mass is 311 g/mol. The molecule has 120 valence electrons. The van der Waals surface area contributed by atoms with E-state index in [0.29, 0.717) is 6.61 Å². The lowest BCUT2D eigenvalue weighted by Gasteiger charge is -2.19. The van der Waals surface area contributed by atoms with Gasteiger partial charge in [0.25, 0.3) is 0 Å². The number of aryl methyl sites for hydroxylation is 2. The molecule has 3 heteroatoms. The topological polar surface area (TPSA) is 13.7 Å². The highest BCUT2D eigenvalue weighted by molar-refractivity contribution is 5.45. The molecule has 0 spiro atoms. The van der Waals surface area contributed by atoms with Crippen molar-refractivity contribution < 1.29 is 22.0 Å². The van der Waals surface area contributed by atoms with Crippen molar-refractivity contribution in [3.05, 3.63) is 41.5 Å². The molecule has 0 aromatic heterocycles. The van der Waals surface area contributed by atoms with Crippen molar-refractivity contribution in [2.45, 2.75) is 47.1 Å². The minimum atomic E-state index is 0. The molecule has 0 radical (unpaired) electrons. The Morgan fingerprint density at radius 2 is 1.57 bits per heavy atom. The molecule has 0 heterocycles. The third-order valence-corrected chi connectivity index (χ3v) is 3.86. The smallest absolute Gasteiger partial charge is 0.126 e. The average Bonchev–Trinajstić information content (AvgIpc) is 2.50. The van der Waals surface area contributed by atoms with E-state index in [2.05, 4.69) is 46.4 Å². The Hall–Kier alpha value is -0.990. The average molecular weight is 312 g/mol. The molecule has 0 saturated carbocycles. The van der Waals surface area contributed by atoms with Crippen molar-refractivity contribution in [2.75, 3.05) is 19.7 Å². The van der Waals surface area contributed by atoms with Crippen molar-refractivity contribution in [3.8, 4) is 5.75 Å². The van der Waals surface area contributed by atoms with Gasteiger partial charge in [0.05, 0.1) is 13.1 Å². The lowest BCUT2D eigenvalue weighted by atomic mass is 10.00. The highest BCUT2D eigenvalue weighted by Crippen LogP contribution is 2.27. The third-order valence-electron chi connectivity index (χ3n) is 3.86. The van der Waals surface area contributed by atoms with Crippen LogP contribution in [0.3, 0.4) is 0 Å². The molecule has 0 saturated heterocycles. The van der Waals surface area contributed by atoms with Crippen LogP contribution in [0.1, 0.15) is 44.4 Å². The zero-order valence-electron chi connectivity index (χ0n) is 14.0. The third kappa shape index (κ3) is 5.72. The van der Waals surface area contributed by atoms with Crippen molar-refractivity contribution in [2.24, 2.45) is 0 Å². The van der Waals surface area contributed by atoms with Crippen molar-refractivity contribution in [1.29, 1.82) is 0 Å². The highest BCUT2D eigenvalue weighted by Gasteiger charge is 2.13. The van der Waals surface area contributed by atoms with E-state index in [1.165, 1.54) is 29.8 Å². The second-order valence-corrected chi connectivity index (χ2v) is 5.18. The van der Waals surface area contributed by atoms with Gasteiger partial charge < -0.3 is 22.0 Å². The molecule has 2 nitrogen and oxygen atoms in total. The van der Waals surface area contributed by atoms with Gasteiger partial charge in [-0.05, 0) is 49.9 Å². The first-order valence-electron chi connectivity index (χ1n) is 7.91. The van der Waals surface area contributed by atoms with Gasteiger partial charge in [-0.1, -0.05) is 26.5 Å². The van der Waals surface area contributed by atoms with Crippen LogP contribution in [0, 0.1) is 0 Å². The maximum Gasteiger partial charge on any atom is 0.126 e. The lowest BCUT2D eigenvalue weighted by Crippen LogP contribution is -3.10.